The molecule has 0 heterocycles. The molecule has 1 nitrogen and oxygen atoms in total. The summed E-state index contributed by atoms with van der Waals surface area (Å²) in [6, 6.07) is 0. The van der Waals surface area contributed by atoms with Crippen molar-refractivity contribution in [3.8, 4) is 0 Å². The van der Waals surface area contributed by atoms with Gasteiger partial charge >= 0.3 is 0 Å². The van der Waals surface area contributed by atoms with Gasteiger partial charge in [-0.1, -0.05) is 52.9 Å². The lowest BCUT2D eigenvalue weighted by atomic mass is 9.61. The summed E-state index contributed by atoms with van der Waals surface area (Å²) in [4.78, 5) is 0. The Morgan fingerprint density at radius 2 is 2.00 bits per heavy atom. The molecule has 0 aliphatic heterocycles. The third-order valence-electron chi connectivity index (χ3n) is 6.11. The highest BCUT2D eigenvalue weighted by molar-refractivity contribution is 5.01. The molecule has 0 unspecified atom stereocenters. The number of hydrogen-bond acceptors (Lipinski definition) is 1. The standard InChI is InChI=1S/C17H32O/c1-4-5-6-8-13(2)14-10-11-15-16(18)9-7-12-17(14,15)3/h13-16,18H,4-12H2,1-3H3/t13-,14-,15+,16+,17-/m1/s1. The fourth-order valence-corrected chi connectivity index (χ4v) is 5.04. The van der Waals surface area contributed by atoms with Gasteiger partial charge in [0.05, 0.1) is 6.10 Å². The third kappa shape index (κ3) is 2.61. The highest BCUT2D eigenvalue weighted by Crippen LogP contribution is 2.58. The van der Waals surface area contributed by atoms with Gasteiger partial charge in [0.15, 0.2) is 0 Å². The van der Waals surface area contributed by atoms with Crippen LogP contribution >= 0.6 is 0 Å². The van der Waals surface area contributed by atoms with Crippen LogP contribution in [0.5, 0.6) is 0 Å². The second kappa shape index (κ2) is 5.94. The van der Waals surface area contributed by atoms with Crippen molar-refractivity contribution in [2.45, 2.75) is 84.7 Å². The normalized spacial score (nSPS) is 41.7. The van der Waals surface area contributed by atoms with E-state index in [0.717, 1.165) is 18.3 Å². The van der Waals surface area contributed by atoms with E-state index >= 15 is 0 Å². The van der Waals surface area contributed by atoms with Crippen LogP contribution in [0.1, 0.15) is 78.6 Å². The first kappa shape index (κ1) is 14.4. The van der Waals surface area contributed by atoms with Gasteiger partial charge < -0.3 is 5.11 Å². The SMILES string of the molecule is CCCCC[C@@H](C)[C@H]1CC[C@H]2[C@@H](O)CCC[C@]12C. The molecule has 2 fully saturated rings. The molecule has 0 radical (unpaired) electrons. The molecule has 0 saturated heterocycles. The molecule has 18 heavy (non-hydrogen) atoms. The number of aliphatic hydroxyl groups excluding tert-OH is 1. The zero-order chi connectivity index (χ0) is 13.2. The van der Waals surface area contributed by atoms with Crippen LogP contribution in [0.25, 0.3) is 0 Å². The Labute approximate surface area is 113 Å². The Balaban J connectivity index is 1.97. The van der Waals surface area contributed by atoms with E-state index in [1.54, 1.807) is 0 Å². The van der Waals surface area contributed by atoms with E-state index in [1.165, 1.54) is 51.4 Å². The van der Waals surface area contributed by atoms with E-state index in [-0.39, 0.29) is 6.10 Å². The van der Waals surface area contributed by atoms with Crippen LogP contribution in [0.2, 0.25) is 0 Å². The van der Waals surface area contributed by atoms with Gasteiger partial charge in [-0.2, -0.15) is 0 Å². The van der Waals surface area contributed by atoms with Crippen LogP contribution in [0, 0.1) is 23.2 Å². The quantitative estimate of drug-likeness (QED) is 0.698. The summed E-state index contributed by atoms with van der Waals surface area (Å²) in [6.45, 7) is 7.23. The summed E-state index contributed by atoms with van der Waals surface area (Å²) in [5.41, 5.74) is 0.448. The van der Waals surface area contributed by atoms with Crippen molar-refractivity contribution >= 4 is 0 Å². The summed E-state index contributed by atoms with van der Waals surface area (Å²) in [5.74, 6) is 2.33. The number of unbranched alkanes of at least 4 members (excludes halogenated alkanes) is 2. The number of fused-ring (bicyclic) bond motifs is 1. The fraction of sp³-hybridized carbons (Fsp3) is 1.00. The largest absolute Gasteiger partial charge is 0.393 e. The zero-order valence-corrected chi connectivity index (χ0v) is 12.6. The van der Waals surface area contributed by atoms with Crippen molar-refractivity contribution in [3.63, 3.8) is 0 Å². The van der Waals surface area contributed by atoms with E-state index in [1.807, 2.05) is 0 Å². The fourth-order valence-electron chi connectivity index (χ4n) is 5.04. The van der Waals surface area contributed by atoms with Gasteiger partial charge in [0.25, 0.3) is 0 Å². The maximum atomic E-state index is 10.3. The Morgan fingerprint density at radius 1 is 1.22 bits per heavy atom. The van der Waals surface area contributed by atoms with Crippen molar-refractivity contribution < 1.29 is 5.11 Å². The first-order valence-electron chi connectivity index (χ1n) is 8.27. The van der Waals surface area contributed by atoms with Gasteiger partial charge in [-0.05, 0) is 48.9 Å². The molecular formula is C17H32O. The molecule has 5 atom stereocenters. The minimum Gasteiger partial charge on any atom is -0.393 e. The summed E-state index contributed by atoms with van der Waals surface area (Å²) in [7, 11) is 0. The van der Waals surface area contributed by atoms with Gasteiger partial charge in [0.2, 0.25) is 0 Å². The number of aliphatic hydroxyl groups is 1. The molecule has 0 bridgehead atoms. The van der Waals surface area contributed by atoms with Crippen LogP contribution in [0.15, 0.2) is 0 Å². The number of hydrogen-bond donors (Lipinski definition) is 1. The molecule has 0 aromatic heterocycles. The van der Waals surface area contributed by atoms with Crippen molar-refractivity contribution in [2.75, 3.05) is 0 Å². The lowest BCUT2D eigenvalue weighted by Gasteiger charge is -2.45. The first-order valence-corrected chi connectivity index (χ1v) is 8.27. The molecule has 106 valence electrons. The molecular weight excluding hydrogens is 220 g/mol. The predicted octanol–water partition coefficient (Wildman–Crippen LogP) is 4.78. The molecule has 1 heteroatoms. The van der Waals surface area contributed by atoms with Gasteiger partial charge in [-0.3, -0.25) is 0 Å². The van der Waals surface area contributed by atoms with Gasteiger partial charge in [-0.25, -0.2) is 0 Å². The van der Waals surface area contributed by atoms with E-state index in [9.17, 15) is 5.11 Å². The van der Waals surface area contributed by atoms with Crippen molar-refractivity contribution in [1.29, 1.82) is 0 Å². The minimum absolute atomic E-state index is 0.00316. The molecule has 0 amide bonds. The molecule has 0 aromatic carbocycles. The van der Waals surface area contributed by atoms with E-state index < -0.39 is 0 Å². The average molecular weight is 252 g/mol. The summed E-state index contributed by atoms with van der Waals surface area (Å²) < 4.78 is 0. The van der Waals surface area contributed by atoms with Crippen LogP contribution in [0.3, 0.4) is 0 Å². The molecule has 2 aliphatic rings. The number of rotatable bonds is 5. The van der Waals surface area contributed by atoms with Crippen LogP contribution in [-0.2, 0) is 0 Å². The first-order chi connectivity index (χ1) is 8.59. The highest BCUT2D eigenvalue weighted by atomic mass is 16.3. The average Bonchev–Trinajstić information content (AvgIpc) is 2.68. The molecule has 2 rings (SSSR count). The summed E-state index contributed by atoms with van der Waals surface area (Å²) in [5, 5.41) is 10.3. The molecule has 1 N–H and O–H groups in total. The van der Waals surface area contributed by atoms with Gasteiger partial charge in [0.1, 0.15) is 0 Å². The Kier molecular flexibility index (Phi) is 4.75. The van der Waals surface area contributed by atoms with E-state index in [0.29, 0.717) is 11.3 Å². The molecule has 0 spiro atoms. The van der Waals surface area contributed by atoms with Crippen LogP contribution in [0.4, 0.5) is 0 Å². The van der Waals surface area contributed by atoms with E-state index in [4.69, 9.17) is 0 Å². The second-order valence-corrected chi connectivity index (χ2v) is 7.23. The minimum atomic E-state index is -0.00316. The third-order valence-corrected chi connectivity index (χ3v) is 6.11. The van der Waals surface area contributed by atoms with Gasteiger partial charge in [0, 0.05) is 0 Å². The highest BCUT2D eigenvalue weighted by Gasteiger charge is 2.51. The summed E-state index contributed by atoms with van der Waals surface area (Å²) >= 11 is 0. The topological polar surface area (TPSA) is 20.2 Å². The molecule has 2 aliphatic carbocycles. The van der Waals surface area contributed by atoms with Crippen molar-refractivity contribution in [1.82, 2.24) is 0 Å². The van der Waals surface area contributed by atoms with Crippen LogP contribution < -0.4 is 0 Å². The second-order valence-electron chi connectivity index (χ2n) is 7.23. The molecule has 2 saturated carbocycles. The van der Waals surface area contributed by atoms with E-state index in [2.05, 4.69) is 20.8 Å². The lowest BCUT2D eigenvalue weighted by molar-refractivity contribution is -0.0278. The lowest BCUT2D eigenvalue weighted by Crippen LogP contribution is -2.41. The van der Waals surface area contributed by atoms with Crippen molar-refractivity contribution in [2.24, 2.45) is 23.2 Å². The smallest absolute Gasteiger partial charge is 0.0573 e. The molecule has 0 aromatic rings. The predicted molar refractivity (Wildman–Crippen MR) is 77.5 cm³/mol. The van der Waals surface area contributed by atoms with Crippen LogP contribution in [-0.4, -0.2) is 11.2 Å². The zero-order valence-electron chi connectivity index (χ0n) is 12.6. The Morgan fingerprint density at radius 3 is 2.72 bits per heavy atom. The monoisotopic (exact) mass is 252 g/mol. The Hall–Kier alpha value is -0.0400. The summed E-state index contributed by atoms with van der Waals surface area (Å²) in [6.07, 6.45) is 11.8. The maximum Gasteiger partial charge on any atom is 0.0573 e. The maximum absolute atomic E-state index is 10.3. The van der Waals surface area contributed by atoms with Crippen molar-refractivity contribution in [3.05, 3.63) is 0 Å². The Bertz CT molecular complexity index is 262. The van der Waals surface area contributed by atoms with Gasteiger partial charge in [-0.15, -0.1) is 0 Å².